The molecule has 5 nitrogen and oxygen atoms in total. The van der Waals surface area contributed by atoms with Gasteiger partial charge in [0.15, 0.2) is 5.16 Å². The van der Waals surface area contributed by atoms with Crippen molar-refractivity contribution in [2.75, 3.05) is 5.75 Å². The average molecular weight is 432 g/mol. The van der Waals surface area contributed by atoms with E-state index in [-0.39, 0.29) is 23.3 Å². The number of carbonyl (C=O) groups is 1. The van der Waals surface area contributed by atoms with E-state index >= 15 is 0 Å². The fraction of sp³-hybridized carbons (Fsp3) is 0.591. The monoisotopic (exact) mass is 431 g/mol. The van der Waals surface area contributed by atoms with Crippen molar-refractivity contribution in [1.29, 1.82) is 0 Å². The van der Waals surface area contributed by atoms with Crippen molar-refractivity contribution >= 4 is 39.2 Å². The number of amides is 1. The van der Waals surface area contributed by atoms with Gasteiger partial charge in [0, 0.05) is 17.5 Å². The highest BCUT2D eigenvalue weighted by atomic mass is 32.2. The van der Waals surface area contributed by atoms with E-state index in [0.717, 1.165) is 27.1 Å². The van der Waals surface area contributed by atoms with Crippen LogP contribution >= 0.6 is 23.1 Å². The third-order valence-electron chi connectivity index (χ3n) is 6.72. The zero-order valence-electron chi connectivity index (χ0n) is 17.4. The van der Waals surface area contributed by atoms with E-state index < -0.39 is 0 Å². The van der Waals surface area contributed by atoms with Crippen LogP contribution in [0.3, 0.4) is 0 Å². The molecule has 156 valence electrons. The van der Waals surface area contributed by atoms with Gasteiger partial charge in [-0.25, -0.2) is 4.98 Å². The zero-order chi connectivity index (χ0) is 20.7. The third kappa shape index (κ3) is 3.91. The molecule has 0 spiro atoms. The predicted octanol–water partition coefficient (Wildman–Crippen LogP) is 4.29. The molecule has 2 bridgehead atoms. The summed E-state index contributed by atoms with van der Waals surface area (Å²) in [5.74, 6) is 2.57. The minimum Gasteiger partial charge on any atom is -0.353 e. The van der Waals surface area contributed by atoms with Crippen LogP contribution in [0.15, 0.2) is 22.6 Å². The number of allylic oxidation sites excluding steroid dienone is 1. The van der Waals surface area contributed by atoms with Gasteiger partial charge in [-0.2, -0.15) is 0 Å². The van der Waals surface area contributed by atoms with Crippen LogP contribution in [-0.2, 0) is 11.3 Å². The van der Waals surface area contributed by atoms with Gasteiger partial charge in [0.1, 0.15) is 4.83 Å². The molecule has 4 unspecified atom stereocenters. The van der Waals surface area contributed by atoms with Crippen LogP contribution in [0.1, 0.15) is 43.0 Å². The Morgan fingerprint density at radius 3 is 2.86 bits per heavy atom. The summed E-state index contributed by atoms with van der Waals surface area (Å²) in [4.78, 5) is 32.2. The van der Waals surface area contributed by atoms with E-state index in [1.807, 2.05) is 13.8 Å². The fourth-order valence-electron chi connectivity index (χ4n) is 5.15. The quantitative estimate of drug-likeness (QED) is 0.403. The molecule has 2 saturated carbocycles. The number of thioether (sulfide) groups is 1. The Bertz CT molecular complexity index is 1010. The van der Waals surface area contributed by atoms with Gasteiger partial charge in [-0.05, 0) is 63.4 Å². The van der Waals surface area contributed by atoms with Gasteiger partial charge in [-0.3, -0.25) is 14.2 Å². The van der Waals surface area contributed by atoms with Gasteiger partial charge in [0.05, 0.1) is 11.1 Å². The first-order valence-corrected chi connectivity index (χ1v) is 12.2. The van der Waals surface area contributed by atoms with Gasteiger partial charge < -0.3 is 5.32 Å². The van der Waals surface area contributed by atoms with E-state index in [1.54, 1.807) is 10.6 Å². The highest BCUT2D eigenvalue weighted by Crippen LogP contribution is 2.49. The number of fused-ring (bicyclic) bond motifs is 3. The van der Waals surface area contributed by atoms with Gasteiger partial charge in [-0.1, -0.05) is 24.3 Å². The van der Waals surface area contributed by atoms with Gasteiger partial charge in [0.2, 0.25) is 5.91 Å². The standard InChI is InChI=1S/C22H29N3O2S2/c1-5-8-25-21(27)19-12(2)14(4)29-20(19)24-22(25)28-11-18(26)23-13(3)17-10-15-6-7-16(17)9-15/h5,13,15-17H,1,6-11H2,2-4H3,(H,23,26). The maximum absolute atomic E-state index is 13.0. The van der Waals surface area contributed by atoms with Crippen LogP contribution in [0.25, 0.3) is 10.2 Å². The lowest BCUT2D eigenvalue weighted by Crippen LogP contribution is -2.41. The van der Waals surface area contributed by atoms with Crippen molar-refractivity contribution in [3.8, 4) is 0 Å². The molecule has 1 amide bonds. The minimum atomic E-state index is -0.0463. The van der Waals surface area contributed by atoms with Crippen molar-refractivity contribution in [2.24, 2.45) is 17.8 Å². The number of carbonyl (C=O) groups excluding carboxylic acids is 1. The number of hydrogen-bond acceptors (Lipinski definition) is 5. The number of rotatable bonds is 7. The number of nitrogens with zero attached hydrogens (tertiary/aromatic N) is 2. The Balaban J connectivity index is 1.47. The molecule has 2 fully saturated rings. The first-order chi connectivity index (χ1) is 13.9. The van der Waals surface area contributed by atoms with Gasteiger partial charge in [-0.15, -0.1) is 17.9 Å². The maximum atomic E-state index is 13.0. The van der Waals surface area contributed by atoms with Crippen LogP contribution in [0.2, 0.25) is 0 Å². The highest BCUT2D eigenvalue weighted by molar-refractivity contribution is 7.99. The van der Waals surface area contributed by atoms with Crippen LogP contribution in [0.5, 0.6) is 0 Å². The van der Waals surface area contributed by atoms with E-state index in [1.165, 1.54) is 48.8 Å². The first-order valence-electron chi connectivity index (χ1n) is 10.4. The molecular weight excluding hydrogens is 402 g/mol. The average Bonchev–Trinajstić information content (AvgIpc) is 3.38. The summed E-state index contributed by atoms with van der Waals surface area (Å²) in [5, 5.41) is 4.48. The summed E-state index contributed by atoms with van der Waals surface area (Å²) in [6.45, 7) is 10.3. The van der Waals surface area contributed by atoms with Gasteiger partial charge in [0.25, 0.3) is 5.56 Å². The summed E-state index contributed by atoms with van der Waals surface area (Å²) in [6, 6.07) is 0.215. The SMILES string of the molecule is C=CCn1c(SCC(=O)NC(C)C2CC3CCC2C3)nc2sc(C)c(C)c2c1=O. The molecule has 0 aromatic carbocycles. The Hall–Kier alpha value is -1.60. The molecule has 4 rings (SSSR count). The summed E-state index contributed by atoms with van der Waals surface area (Å²) in [6.07, 6.45) is 6.99. The van der Waals surface area contributed by atoms with Crippen LogP contribution in [0, 0.1) is 31.6 Å². The van der Waals surface area contributed by atoms with E-state index in [9.17, 15) is 9.59 Å². The highest BCUT2D eigenvalue weighted by Gasteiger charge is 2.42. The molecule has 2 aromatic heterocycles. The Morgan fingerprint density at radius 2 is 2.21 bits per heavy atom. The smallest absolute Gasteiger partial charge is 0.263 e. The topological polar surface area (TPSA) is 64.0 Å². The Labute approximate surface area is 180 Å². The lowest BCUT2D eigenvalue weighted by molar-refractivity contribution is -0.119. The second-order valence-corrected chi connectivity index (χ2v) is 10.7. The van der Waals surface area contributed by atoms with Crippen molar-refractivity contribution in [3.63, 3.8) is 0 Å². The summed E-state index contributed by atoms with van der Waals surface area (Å²) in [7, 11) is 0. The summed E-state index contributed by atoms with van der Waals surface area (Å²) in [5.41, 5.74) is 0.948. The minimum absolute atomic E-state index is 0.0170. The van der Waals surface area contributed by atoms with Gasteiger partial charge >= 0.3 is 0 Å². The van der Waals surface area contributed by atoms with Crippen molar-refractivity contribution in [2.45, 2.75) is 64.2 Å². The molecule has 2 aromatic rings. The largest absolute Gasteiger partial charge is 0.353 e. The molecular formula is C22H29N3O2S2. The molecule has 4 atom stereocenters. The van der Waals surface area contributed by atoms with Crippen molar-refractivity contribution in [3.05, 3.63) is 33.4 Å². The molecule has 0 saturated heterocycles. The number of nitrogens with one attached hydrogen (secondary N) is 1. The van der Waals surface area contributed by atoms with E-state index in [0.29, 0.717) is 23.0 Å². The molecule has 2 aliphatic carbocycles. The van der Waals surface area contributed by atoms with Crippen LogP contribution < -0.4 is 10.9 Å². The third-order valence-corrected chi connectivity index (χ3v) is 8.80. The van der Waals surface area contributed by atoms with Crippen LogP contribution in [-0.4, -0.2) is 27.3 Å². The molecule has 0 radical (unpaired) electrons. The number of hydrogen-bond donors (Lipinski definition) is 1. The molecule has 0 aliphatic heterocycles. The molecule has 29 heavy (non-hydrogen) atoms. The summed E-state index contributed by atoms with van der Waals surface area (Å²) >= 11 is 2.88. The lowest BCUT2D eigenvalue weighted by Gasteiger charge is -2.28. The summed E-state index contributed by atoms with van der Waals surface area (Å²) < 4.78 is 1.63. The number of aryl methyl sites for hydroxylation is 2. The lowest BCUT2D eigenvalue weighted by atomic mass is 9.84. The van der Waals surface area contributed by atoms with E-state index in [2.05, 4.69) is 18.8 Å². The number of aromatic nitrogens is 2. The second kappa shape index (κ2) is 8.26. The zero-order valence-corrected chi connectivity index (χ0v) is 19.0. The Kier molecular flexibility index (Phi) is 5.89. The van der Waals surface area contributed by atoms with Crippen molar-refractivity contribution in [1.82, 2.24) is 14.9 Å². The molecule has 2 heterocycles. The molecule has 2 aliphatic rings. The second-order valence-electron chi connectivity index (χ2n) is 8.55. The fourth-order valence-corrected chi connectivity index (χ4v) is 7.04. The van der Waals surface area contributed by atoms with Crippen molar-refractivity contribution < 1.29 is 4.79 Å². The first kappa shape index (κ1) is 20.7. The Morgan fingerprint density at radius 1 is 1.41 bits per heavy atom. The normalized spacial score (nSPS) is 24.2. The number of thiophene rings is 1. The molecule has 7 heteroatoms. The molecule has 1 N–H and O–H groups in total. The predicted molar refractivity (Wildman–Crippen MR) is 121 cm³/mol. The van der Waals surface area contributed by atoms with E-state index in [4.69, 9.17) is 4.98 Å². The maximum Gasteiger partial charge on any atom is 0.263 e. The van der Waals surface area contributed by atoms with Crippen LogP contribution in [0.4, 0.5) is 0 Å².